The second-order valence-corrected chi connectivity index (χ2v) is 6.07. The number of amides is 2. The van der Waals surface area contributed by atoms with Crippen molar-refractivity contribution in [3.05, 3.63) is 35.9 Å². The third kappa shape index (κ3) is 5.97. The molecule has 1 rings (SSSR count). The number of carbonyl (C=O) groups excluding carboxylic acids is 2. The van der Waals surface area contributed by atoms with Gasteiger partial charge >= 0.3 is 6.09 Å². The van der Waals surface area contributed by atoms with Crippen molar-refractivity contribution in [1.29, 1.82) is 0 Å². The lowest BCUT2D eigenvalue weighted by Gasteiger charge is -2.18. The fourth-order valence-corrected chi connectivity index (χ4v) is 2.39. The van der Waals surface area contributed by atoms with Crippen LogP contribution < -0.4 is 10.6 Å². The topological polar surface area (TPSA) is 67.4 Å². The number of alkyl carbamates (subject to hydrolysis) is 1. The maximum Gasteiger partial charge on any atom is 0.408 e. The molecule has 0 aliphatic rings. The van der Waals surface area contributed by atoms with Gasteiger partial charge < -0.3 is 15.4 Å². The first-order valence-electron chi connectivity index (χ1n) is 6.37. The highest BCUT2D eigenvalue weighted by atomic mass is 32.2. The molecule has 0 aliphatic heterocycles. The number of nitrogens with one attached hydrogen (secondary N) is 2. The second kappa shape index (κ2) is 8.47. The fourth-order valence-electron chi connectivity index (χ4n) is 1.44. The fraction of sp³-hybridized carbons (Fsp3) is 0.429. The molecule has 1 aromatic carbocycles. The minimum atomic E-state index is -0.650. The molecule has 0 spiro atoms. The summed E-state index contributed by atoms with van der Waals surface area (Å²) in [7, 11) is 1.53. The van der Waals surface area contributed by atoms with Crippen LogP contribution in [0.4, 0.5) is 4.79 Å². The van der Waals surface area contributed by atoms with Gasteiger partial charge in [0.25, 0.3) is 5.91 Å². The van der Waals surface area contributed by atoms with Crippen molar-refractivity contribution in [3.63, 3.8) is 0 Å². The summed E-state index contributed by atoms with van der Waals surface area (Å²) in [5.41, 5.74) is 0.899. The van der Waals surface area contributed by atoms with Crippen molar-refractivity contribution in [1.82, 2.24) is 10.6 Å². The van der Waals surface area contributed by atoms with E-state index in [-0.39, 0.29) is 17.8 Å². The molecule has 0 bridgehead atoms. The van der Waals surface area contributed by atoms with Crippen LogP contribution in [0.1, 0.15) is 19.4 Å². The van der Waals surface area contributed by atoms with E-state index in [1.165, 1.54) is 18.8 Å². The molecule has 0 heterocycles. The highest BCUT2D eigenvalue weighted by Crippen LogP contribution is 2.15. The minimum Gasteiger partial charge on any atom is -0.445 e. The predicted octanol–water partition coefficient (Wildman–Crippen LogP) is 2.13. The summed E-state index contributed by atoms with van der Waals surface area (Å²) in [5.74, 6) is -0.250. The Hall–Kier alpha value is -1.69. The molecule has 5 nitrogen and oxygen atoms in total. The Labute approximate surface area is 123 Å². The van der Waals surface area contributed by atoms with Gasteiger partial charge in [-0.2, -0.15) is 0 Å². The number of benzene rings is 1. The number of rotatable bonds is 6. The first-order chi connectivity index (χ1) is 9.52. The molecule has 0 saturated heterocycles. The monoisotopic (exact) mass is 296 g/mol. The molecule has 2 amide bonds. The smallest absolute Gasteiger partial charge is 0.408 e. The maximum absolute atomic E-state index is 11.7. The molecule has 1 unspecified atom stereocenters. The molecule has 2 N–H and O–H groups in total. The van der Waals surface area contributed by atoms with Crippen molar-refractivity contribution in [2.24, 2.45) is 0 Å². The average molecular weight is 296 g/mol. The van der Waals surface area contributed by atoms with Gasteiger partial charge in [-0.05, 0) is 5.56 Å². The molecule has 0 radical (unpaired) electrons. The van der Waals surface area contributed by atoms with Crippen molar-refractivity contribution in [3.8, 4) is 0 Å². The highest BCUT2D eigenvalue weighted by Gasteiger charge is 2.22. The number of likely N-dealkylation sites (N-methyl/N-ethyl adjacent to an activating group) is 1. The van der Waals surface area contributed by atoms with Crippen molar-refractivity contribution in [2.75, 3.05) is 7.05 Å². The van der Waals surface area contributed by atoms with Gasteiger partial charge in [-0.25, -0.2) is 4.79 Å². The van der Waals surface area contributed by atoms with Crippen LogP contribution in [0.15, 0.2) is 30.3 Å². The number of thioether (sulfide) groups is 1. The lowest BCUT2D eigenvalue weighted by atomic mass is 10.2. The van der Waals surface area contributed by atoms with E-state index in [0.717, 1.165) is 5.56 Å². The quantitative estimate of drug-likeness (QED) is 0.789. The third-order valence-corrected chi connectivity index (χ3v) is 3.50. The van der Waals surface area contributed by atoms with Crippen LogP contribution in [0.3, 0.4) is 0 Å². The Kier molecular flexibility index (Phi) is 6.93. The van der Waals surface area contributed by atoms with E-state index < -0.39 is 11.5 Å². The van der Waals surface area contributed by atoms with Gasteiger partial charge in [-0.15, -0.1) is 11.8 Å². The molecular formula is C14H20N2O3S. The Bertz CT molecular complexity index is 437. The largest absolute Gasteiger partial charge is 0.445 e. The number of carbonyl (C=O) groups is 2. The highest BCUT2D eigenvalue weighted by molar-refractivity contribution is 8.01. The molecule has 0 saturated carbocycles. The molecule has 0 fully saturated rings. The normalized spacial score (nSPS) is 11.8. The number of ether oxygens (including phenoxy) is 1. The summed E-state index contributed by atoms with van der Waals surface area (Å²) in [4.78, 5) is 23.4. The number of hydrogen-bond acceptors (Lipinski definition) is 4. The summed E-state index contributed by atoms with van der Waals surface area (Å²) in [6, 6.07) is 9.38. The first kappa shape index (κ1) is 16.4. The molecule has 110 valence electrons. The Morgan fingerprint density at radius 1 is 1.25 bits per heavy atom. The summed E-state index contributed by atoms with van der Waals surface area (Å²) in [6.45, 7) is 4.09. The van der Waals surface area contributed by atoms with Crippen molar-refractivity contribution >= 4 is 23.8 Å². The summed E-state index contributed by atoms with van der Waals surface area (Å²) in [6.07, 6.45) is -0.601. The van der Waals surface area contributed by atoms with Crippen LogP contribution in [-0.4, -0.2) is 29.7 Å². The van der Waals surface area contributed by atoms with Crippen molar-refractivity contribution < 1.29 is 14.3 Å². The van der Waals surface area contributed by atoms with Gasteiger partial charge in [0.2, 0.25) is 0 Å². The van der Waals surface area contributed by atoms with Gasteiger partial charge in [0, 0.05) is 12.3 Å². The standard InChI is InChI=1S/C14H20N2O3S/c1-10(2)20-13(12(17)15-3)16-14(18)19-9-11-7-5-4-6-8-11/h4-8,10,13H,9H2,1-3H3,(H,15,17)(H,16,18). The molecule has 0 aliphatic carbocycles. The van der Waals surface area contributed by atoms with Crippen LogP contribution >= 0.6 is 11.8 Å². The zero-order valence-electron chi connectivity index (χ0n) is 11.9. The van der Waals surface area contributed by atoms with Gasteiger partial charge in [0.1, 0.15) is 6.61 Å². The summed E-state index contributed by atoms with van der Waals surface area (Å²) < 4.78 is 5.09. The van der Waals surface area contributed by atoms with Gasteiger partial charge in [-0.3, -0.25) is 4.79 Å². The zero-order valence-corrected chi connectivity index (χ0v) is 12.7. The van der Waals surface area contributed by atoms with Crippen LogP contribution in [0.25, 0.3) is 0 Å². The Morgan fingerprint density at radius 2 is 1.90 bits per heavy atom. The van der Waals surface area contributed by atoms with E-state index in [4.69, 9.17) is 4.74 Å². The summed E-state index contributed by atoms with van der Waals surface area (Å²) >= 11 is 1.36. The Morgan fingerprint density at radius 3 is 2.45 bits per heavy atom. The molecule has 1 atom stereocenters. The van der Waals surface area contributed by atoms with Crippen LogP contribution in [0.2, 0.25) is 0 Å². The van der Waals surface area contributed by atoms with E-state index in [0.29, 0.717) is 0 Å². The van der Waals surface area contributed by atoms with E-state index in [2.05, 4.69) is 10.6 Å². The molecule has 20 heavy (non-hydrogen) atoms. The first-order valence-corrected chi connectivity index (χ1v) is 7.31. The second-order valence-electron chi connectivity index (χ2n) is 4.39. The van der Waals surface area contributed by atoms with E-state index in [1.807, 2.05) is 44.2 Å². The third-order valence-electron chi connectivity index (χ3n) is 2.35. The van der Waals surface area contributed by atoms with E-state index >= 15 is 0 Å². The molecule has 0 aromatic heterocycles. The average Bonchev–Trinajstić information content (AvgIpc) is 2.44. The zero-order chi connectivity index (χ0) is 15.0. The predicted molar refractivity (Wildman–Crippen MR) is 80.3 cm³/mol. The molecular weight excluding hydrogens is 276 g/mol. The van der Waals surface area contributed by atoms with Gasteiger partial charge in [-0.1, -0.05) is 44.2 Å². The molecule has 1 aromatic rings. The maximum atomic E-state index is 11.7. The van der Waals surface area contributed by atoms with Crippen molar-refractivity contribution in [2.45, 2.75) is 31.1 Å². The van der Waals surface area contributed by atoms with Crippen LogP contribution in [0.5, 0.6) is 0 Å². The number of hydrogen-bond donors (Lipinski definition) is 2. The lowest BCUT2D eigenvalue weighted by Crippen LogP contribution is -2.44. The SMILES string of the molecule is CNC(=O)C(NC(=O)OCc1ccccc1)SC(C)C. The van der Waals surface area contributed by atoms with Crippen LogP contribution in [-0.2, 0) is 16.1 Å². The Balaban J connectivity index is 2.47. The van der Waals surface area contributed by atoms with E-state index in [1.54, 1.807) is 0 Å². The summed E-state index contributed by atoms with van der Waals surface area (Å²) in [5, 5.41) is 4.64. The lowest BCUT2D eigenvalue weighted by molar-refractivity contribution is -0.120. The molecule has 6 heteroatoms. The van der Waals surface area contributed by atoms with Gasteiger partial charge in [0.15, 0.2) is 5.37 Å². The van der Waals surface area contributed by atoms with E-state index in [9.17, 15) is 9.59 Å². The van der Waals surface area contributed by atoms with Gasteiger partial charge in [0.05, 0.1) is 0 Å². The minimum absolute atomic E-state index is 0.180. The van der Waals surface area contributed by atoms with Crippen LogP contribution in [0, 0.1) is 0 Å².